The molecule has 0 aromatic carbocycles. The lowest BCUT2D eigenvalue weighted by Crippen LogP contribution is -2.42. The van der Waals surface area contributed by atoms with Crippen LogP contribution in [-0.4, -0.2) is 24.0 Å². The van der Waals surface area contributed by atoms with Crippen LogP contribution in [0.15, 0.2) is 0 Å². The zero-order valence-corrected chi connectivity index (χ0v) is 9.62. The van der Waals surface area contributed by atoms with E-state index in [0.29, 0.717) is 0 Å². The first-order chi connectivity index (χ1) is 7.42. The van der Waals surface area contributed by atoms with Crippen LogP contribution in [0.4, 0.5) is 0 Å². The van der Waals surface area contributed by atoms with Crippen molar-refractivity contribution in [1.29, 1.82) is 5.26 Å². The maximum atomic E-state index is 8.49. The molecule has 15 heavy (non-hydrogen) atoms. The van der Waals surface area contributed by atoms with Gasteiger partial charge in [0.05, 0.1) is 6.07 Å². The van der Waals surface area contributed by atoms with Crippen molar-refractivity contribution in [2.45, 2.75) is 57.4 Å². The van der Waals surface area contributed by atoms with E-state index in [9.17, 15) is 0 Å². The average molecular weight is 206 g/mol. The molecule has 0 spiro atoms. The molecule has 0 aromatic rings. The Morgan fingerprint density at radius 1 is 1.13 bits per heavy atom. The Balaban J connectivity index is 1.73. The molecule has 1 saturated heterocycles. The number of likely N-dealkylation sites (tertiary alicyclic amines) is 1. The first-order valence-electron chi connectivity index (χ1n) is 6.53. The maximum Gasteiger partial charge on any atom is 0.0621 e. The lowest BCUT2D eigenvalue weighted by Gasteiger charge is -2.37. The highest BCUT2D eigenvalue weighted by Crippen LogP contribution is 2.36. The molecule has 2 nitrogen and oxygen atoms in total. The van der Waals surface area contributed by atoms with Crippen LogP contribution in [0.5, 0.6) is 0 Å². The lowest BCUT2D eigenvalue weighted by molar-refractivity contribution is 0.111. The molecule has 0 bridgehead atoms. The van der Waals surface area contributed by atoms with Crippen LogP contribution in [0.1, 0.15) is 51.4 Å². The summed E-state index contributed by atoms with van der Waals surface area (Å²) in [4.78, 5) is 2.71. The minimum absolute atomic E-state index is 0.738. The predicted molar refractivity (Wildman–Crippen MR) is 61.4 cm³/mol. The van der Waals surface area contributed by atoms with Crippen LogP contribution in [-0.2, 0) is 0 Å². The number of hydrogen-bond donors (Lipinski definition) is 0. The van der Waals surface area contributed by atoms with Gasteiger partial charge in [0.1, 0.15) is 0 Å². The van der Waals surface area contributed by atoms with Crippen molar-refractivity contribution in [2.75, 3.05) is 13.1 Å². The lowest BCUT2D eigenvalue weighted by atomic mass is 9.92. The summed E-state index contributed by atoms with van der Waals surface area (Å²) in [7, 11) is 0. The number of rotatable bonds is 4. The minimum atomic E-state index is 0.738. The second-order valence-corrected chi connectivity index (χ2v) is 5.05. The first kappa shape index (κ1) is 11.0. The number of unbranched alkanes of at least 4 members (excludes halogenated alkanes) is 2. The fourth-order valence-electron chi connectivity index (χ4n) is 3.35. The van der Waals surface area contributed by atoms with Crippen LogP contribution < -0.4 is 0 Å². The van der Waals surface area contributed by atoms with Crippen molar-refractivity contribution < 1.29 is 0 Å². The monoisotopic (exact) mass is 206 g/mol. The fraction of sp³-hybridized carbons (Fsp3) is 0.923. The summed E-state index contributed by atoms with van der Waals surface area (Å²) in [5.74, 6) is 1.01. The molecule has 2 rings (SSSR count). The van der Waals surface area contributed by atoms with E-state index in [-0.39, 0.29) is 0 Å². The molecule has 84 valence electrons. The van der Waals surface area contributed by atoms with E-state index in [1.807, 2.05) is 0 Å². The van der Waals surface area contributed by atoms with Crippen molar-refractivity contribution in [2.24, 2.45) is 5.92 Å². The Kier molecular flexibility index (Phi) is 4.02. The molecular formula is C13H22N2. The third-order valence-corrected chi connectivity index (χ3v) is 4.09. The topological polar surface area (TPSA) is 27.0 Å². The second-order valence-electron chi connectivity index (χ2n) is 5.05. The van der Waals surface area contributed by atoms with Crippen LogP contribution in [0.3, 0.4) is 0 Å². The van der Waals surface area contributed by atoms with E-state index in [2.05, 4.69) is 11.0 Å². The number of nitrogens with zero attached hydrogens (tertiary/aromatic N) is 2. The van der Waals surface area contributed by atoms with Gasteiger partial charge >= 0.3 is 0 Å². The molecule has 2 aliphatic rings. The van der Waals surface area contributed by atoms with Gasteiger partial charge in [0.2, 0.25) is 0 Å². The summed E-state index contributed by atoms with van der Waals surface area (Å²) >= 11 is 0. The Morgan fingerprint density at radius 3 is 2.87 bits per heavy atom. The number of nitriles is 1. The van der Waals surface area contributed by atoms with Gasteiger partial charge in [-0.15, -0.1) is 0 Å². The highest BCUT2D eigenvalue weighted by atomic mass is 15.2. The molecule has 1 aliphatic heterocycles. The predicted octanol–water partition coefficient (Wildman–Crippen LogP) is 2.94. The van der Waals surface area contributed by atoms with Crippen molar-refractivity contribution in [3.05, 3.63) is 0 Å². The van der Waals surface area contributed by atoms with Gasteiger partial charge < -0.3 is 4.90 Å². The quantitative estimate of drug-likeness (QED) is 0.661. The van der Waals surface area contributed by atoms with Gasteiger partial charge in [-0.2, -0.15) is 5.26 Å². The number of hydrogen-bond acceptors (Lipinski definition) is 2. The van der Waals surface area contributed by atoms with Gasteiger partial charge in [0, 0.05) is 12.5 Å². The molecule has 2 atom stereocenters. The van der Waals surface area contributed by atoms with E-state index in [0.717, 1.165) is 24.8 Å². The molecule has 1 heterocycles. The van der Waals surface area contributed by atoms with Gasteiger partial charge in [-0.1, -0.05) is 6.42 Å². The van der Waals surface area contributed by atoms with E-state index >= 15 is 0 Å². The summed E-state index contributed by atoms with van der Waals surface area (Å²) in [5.41, 5.74) is 0. The van der Waals surface area contributed by atoms with Crippen LogP contribution in [0.25, 0.3) is 0 Å². The van der Waals surface area contributed by atoms with Crippen molar-refractivity contribution >= 4 is 0 Å². The largest absolute Gasteiger partial charge is 0.300 e. The zero-order valence-electron chi connectivity index (χ0n) is 9.62. The maximum absolute atomic E-state index is 8.49. The summed E-state index contributed by atoms with van der Waals surface area (Å²) in [6.07, 6.45) is 10.3. The third-order valence-electron chi connectivity index (χ3n) is 4.09. The minimum Gasteiger partial charge on any atom is -0.300 e. The molecule has 2 unspecified atom stereocenters. The fourth-order valence-corrected chi connectivity index (χ4v) is 3.35. The molecule has 1 saturated carbocycles. The van der Waals surface area contributed by atoms with Gasteiger partial charge in [0.15, 0.2) is 0 Å². The molecule has 0 N–H and O–H groups in total. The van der Waals surface area contributed by atoms with Crippen molar-refractivity contribution in [1.82, 2.24) is 4.90 Å². The summed E-state index contributed by atoms with van der Waals surface area (Å²) < 4.78 is 0. The van der Waals surface area contributed by atoms with Crippen LogP contribution in [0, 0.1) is 17.2 Å². The summed E-state index contributed by atoms with van der Waals surface area (Å²) in [6, 6.07) is 3.14. The summed E-state index contributed by atoms with van der Waals surface area (Å²) in [6.45, 7) is 2.55. The molecular weight excluding hydrogens is 184 g/mol. The van der Waals surface area contributed by atoms with Gasteiger partial charge in [0.25, 0.3) is 0 Å². The van der Waals surface area contributed by atoms with E-state index in [1.54, 1.807) is 0 Å². The van der Waals surface area contributed by atoms with E-state index in [1.165, 1.54) is 51.6 Å². The Hall–Kier alpha value is -0.550. The molecule has 0 aromatic heterocycles. The zero-order chi connectivity index (χ0) is 10.5. The highest BCUT2D eigenvalue weighted by molar-refractivity contribution is 4.89. The molecule has 1 aliphatic carbocycles. The molecule has 2 fully saturated rings. The van der Waals surface area contributed by atoms with Crippen LogP contribution >= 0.6 is 0 Å². The summed E-state index contributed by atoms with van der Waals surface area (Å²) in [5, 5.41) is 8.49. The smallest absolute Gasteiger partial charge is 0.0621 e. The Labute approximate surface area is 93.3 Å². The van der Waals surface area contributed by atoms with Crippen molar-refractivity contribution in [3.63, 3.8) is 0 Å². The normalized spacial score (nSPS) is 31.1. The van der Waals surface area contributed by atoms with Gasteiger partial charge in [-0.05, 0) is 57.5 Å². The van der Waals surface area contributed by atoms with Gasteiger partial charge in [-0.25, -0.2) is 0 Å². The average Bonchev–Trinajstić information content (AvgIpc) is 2.73. The highest BCUT2D eigenvalue weighted by Gasteiger charge is 2.34. The van der Waals surface area contributed by atoms with E-state index in [4.69, 9.17) is 5.26 Å². The Bertz CT molecular complexity index is 231. The molecule has 2 heteroatoms. The van der Waals surface area contributed by atoms with E-state index < -0.39 is 0 Å². The third kappa shape index (κ3) is 2.72. The molecule has 0 radical (unpaired) electrons. The SMILES string of the molecule is N#CCCCCN1CCCC2CCCC21. The van der Waals surface area contributed by atoms with Crippen LogP contribution in [0.2, 0.25) is 0 Å². The number of fused-ring (bicyclic) bond motifs is 1. The second kappa shape index (κ2) is 5.51. The Morgan fingerprint density at radius 2 is 2.00 bits per heavy atom. The molecule has 0 amide bonds. The standard InChI is InChI=1S/C13H22N2/c14-9-2-1-3-10-15-11-5-7-12-6-4-8-13(12)15/h12-13H,1-8,10-11H2. The number of piperidine rings is 1. The first-order valence-corrected chi connectivity index (χ1v) is 6.53. The van der Waals surface area contributed by atoms with Crippen molar-refractivity contribution in [3.8, 4) is 6.07 Å². The van der Waals surface area contributed by atoms with Gasteiger partial charge in [-0.3, -0.25) is 0 Å².